The van der Waals surface area contributed by atoms with E-state index in [1.165, 1.54) is 0 Å². The summed E-state index contributed by atoms with van der Waals surface area (Å²) in [7, 11) is 0. The highest BCUT2D eigenvalue weighted by atomic mass is 19.3. The van der Waals surface area contributed by atoms with Crippen LogP contribution in [0.2, 0.25) is 0 Å². The van der Waals surface area contributed by atoms with Crippen LogP contribution in [0.3, 0.4) is 0 Å². The zero-order chi connectivity index (χ0) is 11.3. The Hall–Kier alpha value is -1.38. The van der Waals surface area contributed by atoms with Gasteiger partial charge >= 0.3 is 6.61 Å². The summed E-state index contributed by atoms with van der Waals surface area (Å²) < 4.78 is 28.1. The molecule has 0 fully saturated rings. The normalized spacial score (nSPS) is 11.3. The summed E-state index contributed by atoms with van der Waals surface area (Å²) in [6.07, 6.45) is 4.95. The summed E-state index contributed by atoms with van der Waals surface area (Å²) >= 11 is 0. The van der Waals surface area contributed by atoms with E-state index in [4.69, 9.17) is 0 Å². The Kier molecular flexibility index (Phi) is 4.28. The molecule has 0 aliphatic heterocycles. The molecule has 0 saturated heterocycles. The minimum atomic E-state index is -2.76. The van der Waals surface area contributed by atoms with Crippen molar-refractivity contribution in [1.29, 1.82) is 0 Å². The molecule has 0 aliphatic rings. The Morgan fingerprint density at radius 3 is 2.67 bits per heavy atom. The van der Waals surface area contributed by atoms with Gasteiger partial charge in [0.1, 0.15) is 5.75 Å². The van der Waals surface area contributed by atoms with Crippen LogP contribution in [-0.2, 0) is 0 Å². The molecule has 0 amide bonds. The fourth-order valence-corrected chi connectivity index (χ4v) is 1.26. The summed E-state index contributed by atoms with van der Waals surface area (Å²) in [6.45, 7) is 1.15. The van der Waals surface area contributed by atoms with Gasteiger partial charge in [-0.05, 0) is 36.6 Å². The molecular weight excluding hydrogens is 198 g/mol. The number of halogens is 2. The third-order valence-electron chi connectivity index (χ3n) is 2.00. The lowest BCUT2D eigenvalue weighted by Crippen LogP contribution is -2.02. The number of allylic oxidation sites excluding steroid dienone is 1. The van der Waals surface area contributed by atoms with Crippen molar-refractivity contribution in [3.05, 3.63) is 35.4 Å². The van der Waals surface area contributed by atoms with E-state index in [0.717, 1.165) is 17.5 Å². The van der Waals surface area contributed by atoms with Crippen LogP contribution in [0.25, 0.3) is 6.08 Å². The summed E-state index contributed by atoms with van der Waals surface area (Å²) in [4.78, 5) is 0. The van der Waals surface area contributed by atoms with E-state index in [2.05, 4.69) is 4.74 Å². The van der Waals surface area contributed by atoms with Gasteiger partial charge < -0.3 is 4.74 Å². The van der Waals surface area contributed by atoms with Crippen molar-refractivity contribution in [3.8, 4) is 5.75 Å². The van der Waals surface area contributed by atoms with Crippen LogP contribution in [0.15, 0.2) is 24.3 Å². The minimum Gasteiger partial charge on any atom is -0.435 e. The summed E-state index contributed by atoms with van der Waals surface area (Å²) in [5.74, 6) is 0.205. The maximum atomic E-state index is 11.9. The van der Waals surface area contributed by atoms with E-state index in [9.17, 15) is 8.78 Å². The molecule has 0 spiro atoms. The fourth-order valence-electron chi connectivity index (χ4n) is 1.26. The largest absolute Gasteiger partial charge is 0.435 e. The van der Waals surface area contributed by atoms with Crippen molar-refractivity contribution >= 4 is 6.08 Å². The maximum absolute atomic E-state index is 11.9. The second-order valence-corrected chi connectivity index (χ2v) is 3.21. The molecule has 15 heavy (non-hydrogen) atoms. The molecule has 0 atom stereocenters. The highest BCUT2D eigenvalue weighted by molar-refractivity contribution is 5.55. The van der Waals surface area contributed by atoms with Crippen molar-refractivity contribution < 1.29 is 13.5 Å². The lowest BCUT2D eigenvalue weighted by Gasteiger charge is -2.06. The van der Waals surface area contributed by atoms with Crippen LogP contribution in [0.4, 0.5) is 8.78 Å². The first kappa shape index (κ1) is 11.7. The first-order valence-corrected chi connectivity index (χ1v) is 4.85. The number of rotatable bonds is 4. The molecule has 3 heteroatoms. The van der Waals surface area contributed by atoms with Crippen LogP contribution >= 0.6 is 0 Å². The van der Waals surface area contributed by atoms with E-state index in [1.807, 2.05) is 26.0 Å². The maximum Gasteiger partial charge on any atom is 0.387 e. The van der Waals surface area contributed by atoms with Crippen LogP contribution in [-0.4, -0.2) is 6.61 Å². The molecule has 1 aromatic carbocycles. The predicted octanol–water partition coefficient (Wildman–Crippen LogP) is 4.02. The summed E-state index contributed by atoms with van der Waals surface area (Å²) in [5.41, 5.74) is 1.95. The second-order valence-electron chi connectivity index (χ2n) is 3.21. The molecule has 0 N–H and O–H groups in total. The molecule has 0 saturated carbocycles. The van der Waals surface area contributed by atoms with Crippen molar-refractivity contribution in [3.63, 3.8) is 0 Å². The van der Waals surface area contributed by atoms with E-state index >= 15 is 0 Å². The molecule has 0 aliphatic carbocycles. The Labute approximate surface area is 88.4 Å². The topological polar surface area (TPSA) is 9.23 Å². The molecule has 1 nitrogen and oxygen atoms in total. The third-order valence-corrected chi connectivity index (χ3v) is 2.00. The van der Waals surface area contributed by atoms with Crippen molar-refractivity contribution in [1.82, 2.24) is 0 Å². The number of benzene rings is 1. The Bertz CT molecular complexity index is 345. The molecule has 0 radical (unpaired) electrons. The lowest BCUT2D eigenvalue weighted by atomic mass is 10.1. The average molecular weight is 212 g/mol. The van der Waals surface area contributed by atoms with E-state index in [1.54, 1.807) is 18.2 Å². The van der Waals surface area contributed by atoms with Gasteiger partial charge in [0, 0.05) is 0 Å². The van der Waals surface area contributed by atoms with Crippen molar-refractivity contribution in [2.75, 3.05) is 0 Å². The van der Waals surface area contributed by atoms with Gasteiger partial charge in [-0.3, -0.25) is 0 Å². The molecule has 1 aromatic rings. The van der Waals surface area contributed by atoms with E-state index in [-0.39, 0.29) is 5.75 Å². The molecule has 0 aromatic heterocycles. The summed E-state index contributed by atoms with van der Waals surface area (Å²) in [5, 5.41) is 0. The van der Waals surface area contributed by atoms with Crippen molar-refractivity contribution in [2.24, 2.45) is 0 Å². The van der Waals surface area contributed by atoms with Gasteiger partial charge in [0.05, 0.1) is 0 Å². The smallest absolute Gasteiger partial charge is 0.387 e. The van der Waals surface area contributed by atoms with Gasteiger partial charge in [-0.25, -0.2) is 0 Å². The highest BCUT2D eigenvalue weighted by Gasteiger charge is 2.04. The van der Waals surface area contributed by atoms with Crippen LogP contribution in [0.1, 0.15) is 24.5 Å². The Morgan fingerprint density at radius 2 is 2.13 bits per heavy atom. The zero-order valence-corrected chi connectivity index (χ0v) is 8.84. The Balaban J connectivity index is 2.83. The number of aryl methyl sites for hydroxylation is 1. The van der Waals surface area contributed by atoms with E-state index < -0.39 is 6.61 Å². The van der Waals surface area contributed by atoms with Gasteiger partial charge in [0.2, 0.25) is 0 Å². The standard InChI is InChI=1S/C12H14F2O/c1-3-4-5-10-6-7-11(8-9(10)2)15-12(13)14/h4-8,12H,3H2,1-2H3/b5-4-. The minimum absolute atomic E-state index is 0.205. The first-order valence-electron chi connectivity index (χ1n) is 4.85. The van der Waals surface area contributed by atoms with Gasteiger partial charge in [0.15, 0.2) is 0 Å². The number of ether oxygens (including phenoxy) is 1. The van der Waals surface area contributed by atoms with Crippen molar-refractivity contribution in [2.45, 2.75) is 26.9 Å². The van der Waals surface area contributed by atoms with Gasteiger partial charge in [-0.2, -0.15) is 8.78 Å². The van der Waals surface area contributed by atoms with Crippen LogP contribution in [0, 0.1) is 6.92 Å². The SMILES string of the molecule is CC/C=C\c1ccc(OC(F)F)cc1C. The first-order chi connectivity index (χ1) is 7.13. The lowest BCUT2D eigenvalue weighted by molar-refractivity contribution is -0.0498. The zero-order valence-electron chi connectivity index (χ0n) is 8.84. The number of hydrogen-bond donors (Lipinski definition) is 0. The van der Waals surface area contributed by atoms with Gasteiger partial charge in [-0.15, -0.1) is 0 Å². The van der Waals surface area contributed by atoms with Gasteiger partial charge in [0.25, 0.3) is 0 Å². The van der Waals surface area contributed by atoms with Crippen LogP contribution < -0.4 is 4.74 Å². The molecule has 1 rings (SSSR count). The van der Waals surface area contributed by atoms with E-state index in [0.29, 0.717) is 0 Å². The second kappa shape index (κ2) is 5.49. The number of hydrogen-bond acceptors (Lipinski definition) is 1. The third kappa shape index (κ3) is 3.70. The predicted molar refractivity (Wildman–Crippen MR) is 57.1 cm³/mol. The quantitative estimate of drug-likeness (QED) is 0.732. The Morgan fingerprint density at radius 1 is 1.40 bits per heavy atom. The molecule has 0 unspecified atom stereocenters. The fraction of sp³-hybridized carbons (Fsp3) is 0.333. The molecular formula is C12H14F2O. The monoisotopic (exact) mass is 212 g/mol. The van der Waals surface area contributed by atoms with Gasteiger partial charge in [-0.1, -0.05) is 25.1 Å². The molecule has 82 valence electrons. The summed E-state index contributed by atoms with van der Waals surface area (Å²) in [6, 6.07) is 4.94. The average Bonchev–Trinajstić information content (AvgIpc) is 2.15. The molecule has 0 heterocycles. The highest BCUT2D eigenvalue weighted by Crippen LogP contribution is 2.20. The van der Waals surface area contributed by atoms with Crippen LogP contribution in [0.5, 0.6) is 5.75 Å². The number of alkyl halides is 2. The molecule has 0 bridgehead atoms.